The number of ether oxygens (including phenoxy) is 1. The Morgan fingerprint density at radius 1 is 1.19 bits per heavy atom. The first kappa shape index (κ1) is 17.3. The molecule has 0 spiro atoms. The van der Waals surface area contributed by atoms with Crippen LogP contribution in [0.3, 0.4) is 0 Å². The molecule has 0 aliphatic carbocycles. The number of furan rings is 1. The molecular weight excluding hydrogens is 336 g/mol. The van der Waals surface area contributed by atoms with E-state index in [9.17, 15) is 9.59 Å². The van der Waals surface area contributed by atoms with Crippen LogP contribution in [0.5, 0.6) is 5.75 Å². The minimum absolute atomic E-state index is 0.156. The lowest BCUT2D eigenvalue weighted by Crippen LogP contribution is -2.23. The monoisotopic (exact) mass is 354 g/mol. The first-order chi connectivity index (χ1) is 12.6. The van der Waals surface area contributed by atoms with E-state index in [1.54, 1.807) is 25.3 Å². The van der Waals surface area contributed by atoms with Crippen LogP contribution in [-0.4, -0.2) is 36.2 Å². The summed E-state index contributed by atoms with van der Waals surface area (Å²) in [5, 5.41) is 12.1. The molecule has 8 nitrogen and oxygen atoms in total. The van der Waals surface area contributed by atoms with E-state index in [1.165, 1.54) is 7.05 Å². The number of carbonyl (C=O) groups is 2. The minimum atomic E-state index is -0.329. The van der Waals surface area contributed by atoms with Crippen molar-refractivity contribution >= 4 is 11.8 Å². The van der Waals surface area contributed by atoms with Crippen molar-refractivity contribution < 1.29 is 18.7 Å². The van der Waals surface area contributed by atoms with Gasteiger partial charge in [0.05, 0.1) is 19.3 Å². The Labute approximate surface area is 149 Å². The van der Waals surface area contributed by atoms with Crippen molar-refractivity contribution in [1.82, 2.24) is 20.8 Å². The molecule has 3 N–H and O–H groups in total. The maximum Gasteiger partial charge on any atom is 0.286 e. The van der Waals surface area contributed by atoms with E-state index in [0.29, 0.717) is 22.9 Å². The van der Waals surface area contributed by atoms with Gasteiger partial charge in [-0.15, -0.1) is 0 Å². The van der Waals surface area contributed by atoms with Crippen LogP contribution in [0.4, 0.5) is 0 Å². The van der Waals surface area contributed by atoms with Crippen LogP contribution in [0.15, 0.2) is 46.9 Å². The lowest BCUT2D eigenvalue weighted by molar-refractivity contribution is 0.0933. The first-order valence-corrected chi connectivity index (χ1v) is 7.89. The summed E-state index contributed by atoms with van der Waals surface area (Å²) >= 11 is 0. The molecule has 134 valence electrons. The molecule has 0 aliphatic rings. The molecular formula is C18H18N4O4. The van der Waals surface area contributed by atoms with Gasteiger partial charge in [0.15, 0.2) is 5.76 Å². The molecule has 0 saturated heterocycles. The van der Waals surface area contributed by atoms with E-state index in [1.807, 2.05) is 24.3 Å². The number of aromatic nitrogens is 2. The molecule has 0 bridgehead atoms. The zero-order valence-corrected chi connectivity index (χ0v) is 14.3. The molecule has 0 atom stereocenters. The van der Waals surface area contributed by atoms with E-state index in [2.05, 4.69) is 20.8 Å². The predicted molar refractivity (Wildman–Crippen MR) is 93.8 cm³/mol. The molecule has 0 aliphatic heterocycles. The van der Waals surface area contributed by atoms with Crippen molar-refractivity contribution in [2.24, 2.45) is 0 Å². The third-order valence-electron chi connectivity index (χ3n) is 3.72. The van der Waals surface area contributed by atoms with E-state index < -0.39 is 0 Å². The van der Waals surface area contributed by atoms with Crippen molar-refractivity contribution in [1.29, 1.82) is 0 Å². The van der Waals surface area contributed by atoms with Crippen LogP contribution in [0.2, 0.25) is 0 Å². The van der Waals surface area contributed by atoms with E-state index in [4.69, 9.17) is 9.15 Å². The quantitative estimate of drug-likeness (QED) is 0.627. The van der Waals surface area contributed by atoms with Crippen LogP contribution in [-0.2, 0) is 6.54 Å². The van der Waals surface area contributed by atoms with Crippen molar-refractivity contribution in [3.63, 3.8) is 0 Å². The largest absolute Gasteiger partial charge is 0.497 e. The number of benzene rings is 1. The van der Waals surface area contributed by atoms with Gasteiger partial charge in [0, 0.05) is 12.6 Å². The maximum absolute atomic E-state index is 12.3. The van der Waals surface area contributed by atoms with Crippen LogP contribution in [0.25, 0.3) is 11.3 Å². The standard InChI is InChI=1S/C18H18N4O4/c1-19-18(24)16-7-6-13(26-16)10-20-17(23)15-9-14(21-22-15)11-4-3-5-12(8-11)25-2/h3-9H,10H2,1-2H3,(H,19,24)(H,20,23)(H,21,22). The summed E-state index contributed by atoms with van der Waals surface area (Å²) in [6, 6.07) is 12.2. The van der Waals surface area contributed by atoms with Gasteiger partial charge in [-0.25, -0.2) is 0 Å². The highest BCUT2D eigenvalue weighted by Gasteiger charge is 2.13. The second-order valence-corrected chi connectivity index (χ2v) is 5.43. The normalized spacial score (nSPS) is 10.4. The van der Waals surface area contributed by atoms with Crippen LogP contribution < -0.4 is 15.4 Å². The zero-order chi connectivity index (χ0) is 18.5. The molecule has 26 heavy (non-hydrogen) atoms. The predicted octanol–water partition coefficient (Wildman–Crippen LogP) is 1.97. The van der Waals surface area contributed by atoms with Crippen molar-refractivity contribution in [3.05, 3.63) is 59.7 Å². The molecule has 3 aromatic rings. The van der Waals surface area contributed by atoms with Crippen molar-refractivity contribution in [3.8, 4) is 17.0 Å². The molecule has 0 fully saturated rings. The number of H-pyrrole nitrogens is 1. The van der Waals surface area contributed by atoms with E-state index in [0.717, 1.165) is 5.56 Å². The number of rotatable bonds is 6. The van der Waals surface area contributed by atoms with Gasteiger partial charge in [-0.2, -0.15) is 5.10 Å². The lowest BCUT2D eigenvalue weighted by atomic mass is 10.1. The molecule has 2 amide bonds. The van der Waals surface area contributed by atoms with E-state index in [-0.39, 0.29) is 24.1 Å². The van der Waals surface area contributed by atoms with Crippen molar-refractivity contribution in [2.45, 2.75) is 6.54 Å². The van der Waals surface area contributed by atoms with Gasteiger partial charge < -0.3 is 19.8 Å². The molecule has 0 saturated carbocycles. The van der Waals surface area contributed by atoms with Gasteiger partial charge in [-0.05, 0) is 30.3 Å². The summed E-state index contributed by atoms with van der Waals surface area (Å²) in [4.78, 5) is 23.7. The molecule has 3 rings (SSSR count). The van der Waals surface area contributed by atoms with Crippen LogP contribution >= 0.6 is 0 Å². The molecule has 2 aromatic heterocycles. The number of carbonyl (C=O) groups excluding carboxylic acids is 2. The lowest BCUT2D eigenvalue weighted by Gasteiger charge is -2.01. The molecule has 0 unspecified atom stereocenters. The Hall–Kier alpha value is -3.55. The Balaban J connectivity index is 1.64. The van der Waals surface area contributed by atoms with Crippen LogP contribution in [0, 0.1) is 0 Å². The van der Waals surface area contributed by atoms with Gasteiger partial charge in [0.25, 0.3) is 11.8 Å². The summed E-state index contributed by atoms with van der Waals surface area (Å²) in [6.45, 7) is 0.156. The fourth-order valence-corrected chi connectivity index (χ4v) is 2.35. The number of nitrogens with zero attached hydrogens (tertiary/aromatic N) is 1. The summed E-state index contributed by atoms with van der Waals surface area (Å²) in [7, 11) is 3.11. The van der Waals surface area contributed by atoms with Gasteiger partial charge in [-0.1, -0.05) is 12.1 Å². The number of hydrogen-bond acceptors (Lipinski definition) is 5. The number of aromatic amines is 1. The second-order valence-electron chi connectivity index (χ2n) is 5.43. The Kier molecular flexibility index (Phi) is 5.02. The first-order valence-electron chi connectivity index (χ1n) is 7.89. The summed E-state index contributed by atoms with van der Waals surface area (Å²) in [5.41, 5.74) is 1.79. The Bertz CT molecular complexity index is 929. The fraction of sp³-hybridized carbons (Fsp3) is 0.167. The average Bonchev–Trinajstić information content (AvgIpc) is 3.35. The molecule has 0 radical (unpaired) electrons. The van der Waals surface area contributed by atoms with Crippen LogP contribution in [0.1, 0.15) is 26.8 Å². The topological polar surface area (TPSA) is 109 Å². The summed E-state index contributed by atoms with van der Waals surface area (Å²) in [6.07, 6.45) is 0. The maximum atomic E-state index is 12.3. The molecule has 2 heterocycles. The highest BCUT2D eigenvalue weighted by molar-refractivity contribution is 5.93. The zero-order valence-electron chi connectivity index (χ0n) is 14.3. The highest BCUT2D eigenvalue weighted by Crippen LogP contribution is 2.22. The van der Waals surface area contributed by atoms with Gasteiger partial charge in [-0.3, -0.25) is 14.7 Å². The number of hydrogen-bond donors (Lipinski definition) is 3. The molecule has 8 heteroatoms. The Morgan fingerprint density at radius 2 is 2.04 bits per heavy atom. The number of methoxy groups -OCH3 is 1. The smallest absolute Gasteiger partial charge is 0.286 e. The number of amides is 2. The van der Waals surface area contributed by atoms with E-state index >= 15 is 0 Å². The summed E-state index contributed by atoms with van der Waals surface area (Å²) < 4.78 is 10.5. The molecule has 1 aromatic carbocycles. The van der Waals surface area contributed by atoms with Crippen molar-refractivity contribution in [2.75, 3.05) is 14.2 Å². The SMILES string of the molecule is CNC(=O)c1ccc(CNC(=O)c2cc(-c3cccc(OC)c3)n[nH]2)o1. The fourth-order valence-electron chi connectivity index (χ4n) is 2.35. The van der Waals surface area contributed by atoms with Gasteiger partial charge >= 0.3 is 0 Å². The third kappa shape index (κ3) is 3.75. The minimum Gasteiger partial charge on any atom is -0.497 e. The highest BCUT2D eigenvalue weighted by atomic mass is 16.5. The number of nitrogens with one attached hydrogen (secondary N) is 3. The van der Waals surface area contributed by atoms with Gasteiger partial charge in [0.1, 0.15) is 17.2 Å². The Morgan fingerprint density at radius 3 is 2.81 bits per heavy atom. The average molecular weight is 354 g/mol. The van der Waals surface area contributed by atoms with Gasteiger partial charge in [0.2, 0.25) is 0 Å². The second kappa shape index (κ2) is 7.56. The third-order valence-corrected chi connectivity index (χ3v) is 3.72. The summed E-state index contributed by atoms with van der Waals surface area (Å²) in [5.74, 6) is 0.730.